The number of likely N-dealkylation sites (N-methyl/N-ethyl adjacent to an activating group) is 1. The van der Waals surface area contributed by atoms with Gasteiger partial charge in [-0.25, -0.2) is 0 Å². The molecule has 0 radical (unpaired) electrons. The molecule has 1 fully saturated rings. The molecule has 2 N–H and O–H groups in total. The van der Waals surface area contributed by atoms with Crippen LogP contribution in [0.1, 0.15) is 23.7 Å². The van der Waals surface area contributed by atoms with E-state index in [0.717, 1.165) is 18.7 Å². The van der Waals surface area contributed by atoms with Crippen LogP contribution in [-0.4, -0.2) is 34.3 Å². The van der Waals surface area contributed by atoms with Gasteiger partial charge < -0.3 is 5.73 Å². The Labute approximate surface area is 84.7 Å². The van der Waals surface area contributed by atoms with E-state index in [2.05, 4.69) is 23.2 Å². The molecule has 1 saturated heterocycles. The van der Waals surface area contributed by atoms with Crippen molar-refractivity contribution in [1.29, 1.82) is 0 Å². The van der Waals surface area contributed by atoms with E-state index in [1.54, 1.807) is 0 Å². The summed E-state index contributed by atoms with van der Waals surface area (Å²) in [5.41, 5.74) is 8.48. The summed E-state index contributed by atoms with van der Waals surface area (Å²) in [4.78, 5) is 2.31. The molecule has 1 aromatic rings. The molecule has 1 aliphatic rings. The van der Waals surface area contributed by atoms with E-state index >= 15 is 0 Å². The lowest BCUT2D eigenvalue weighted by molar-refractivity contribution is 0.303. The minimum absolute atomic E-state index is 0.253. The minimum atomic E-state index is 0.253. The van der Waals surface area contributed by atoms with Gasteiger partial charge in [-0.1, -0.05) is 0 Å². The molecule has 0 bridgehead atoms. The summed E-state index contributed by atoms with van der Waals surface area (Å²) in [6, 6.07) is 0.603. The van der Waals surface area contributed by atoms with E-state index in [1.807, 2.05) is 18.7 Å². The maximum atomic E-state index is 6.10. The zero-order chi connectivity index (χ0) is 10.3. The number of aromatic nitrogens is 2. The molecule has 2 atom stereocenters. The highest BCUT2D eigenvalue weighted by atomic mass is 15.3. The van der Waals surface area contributed by atoms with Crippen LogP contribution in [0.3, 0.4) is 0 Å². The quantitative estimate of drug-likeness (QED) is 0.705. The predicted molar refractivity (Wildman–Crippen MR) is 55.9 cm³/mol. The molecule has 4 heteroatoms. The number of aryl methyl sites for hydroxylation is 2. The maximum Gasteiger partial charge on any atom is 0.0642 e. The SMILES string of the molecule is Cc1nn(C)cc1C1C(N)CCN1C. The van der Waals surface area contributed by atoms with Gasteiger partial charge in [0.2, 0.25) is 0 Å². The lowest BCUT2D eigenvalue weighted by Gasteiger charge is -2.22. The molecule has 1 aromatic heterocycles. The summed E-state index contributed by atoms with van der Waals surface area (Å²) in [5.74, 6) is 0. The van der Waals surface area contributed by atoms with E-state index in [4.69, 9.17) is 5.73 Å². The lowest BCUT2D eigenvalue weighted by atomic mass is 10.0. The summed E-state index contributed by atoms with van der Waals surface area (Å²) in [6.45, 7) is 3.13. The Morgan fingerprint density at radius 3 is 2.64 bits per heavy atom. The van der Waals surface area contributed by atoms with Crippen LogP contribution < -0.4 is 5.73 Å². The van der Waals surface area contributed by atoms with E-state index in [1.165, 1.54) is 5.56 Å². The average molecular weight is 194 g/mol. The van der Waals surface area contributed by atoms with E-state index in [0.29, 0.717) is 6.04 Å². The Morgan fingerprint density at radius 2 is 2.21 bits per heavy atom. The Hall–Kier alpha value is -0.870. The van der Waals surface area contributed by atoms with Gasteiger partial charge in [-0.2, -0.15) is 5.10 Å². The van der Waals surface area contributed by atoms with Gasteiger partial charge in [0.15, 0.2) is 0 Å². The van der Waals surface area contributed by atoms with Gasteiger partial charge in [-0.15, -0.1) is 0 Å². The third-order valence-corrected chi connectivity index (χ3v) is 3.07. The third-order valence-electron chi connectivity index (χ3n) is 3.07. The number of nitrogens with zero attached hydrogens (tertiary/aromatic N) is 3. The first-order valence-corrected chi connectivity index (χ1v) is 5.05. The Morgan fingerprint density at radius 1 is 1.50 bits per heavy atom. The van der Waals surface area contributed by atoms with E-state index < -0.39 is 0 Å². The highest BCUT2D eigenvalue weighted by Gasteiger charge is 2.32. The van der Waals surface area contributed by atoms with E-state index in [9.17, 15) is 0 Å². The second-order valence-corrected chi connectivity index (χ2v) is 4.22. The topological polar surface area (TPSA) is 47.1 Å². The number of likely N-dealkylation sites (tertiary alicyclic amines) is 1. The fourth-order valence-corrected chi connectivity index (χ4v) is 2.35. The molecule has 1 aliphatic heterocycles. The van der Waals surface area contributed by atoms with Gasteiger partial charge in [0.05, 0.1) is 11.7 Å². The second kappa shape index (κ2) is 3.37. The summed E-state index contributed by atoms with van der Waals surface area (Å²) < 4.78 is 1.86. The smallest absolute Gasteiger partial charge is 0.0642 e. The Balaban J connectivity index is 2.33. The standard InChI is InChI=1S/C10H18N4/c1-7-8(6-14(3)12-7)10-9(11)4-5-13(10)2/h6,9-10H,4-5,11H2,1-3H3. The zero-order valence-electron chi connectivity index (χ0n) is 9.07. The summed E-state index contributed by atoms with van der Waals surface area (Å²) in [7, 11) is 4.08. The summed E-state index contributed by atoms with van der Waals surface area (Å²) in [5, 5.41) is 4.36. The molecule has 2 unspecified atom stereocenters. The fourth-order valence-electron chi connectivity index (χ4n) is 2.35. The number of nitrogens with two attached hydrogens (primary N) is 1. The lowest BCUT2D eigenvalue weighted by Crippen LogP contribution is -2.29. The predicted octanol–water partition coefficient (Wildman–Crippen LogP) is 0.432. The first-order chi connectivity index (χ1) is 6.59. The van der Waals surface area contributed by atoms with Crippen molar-refractivity contribution in [2.45, 2.75) is 25.4 Å². The highest BCUT2D eigenvalue weighted by molar-refractivity contribution is 5.23. The van der Waals surface area contributed by atoms with Crippen LogP contribution in [-0.2, 0) is 7.05 Å². The molecule has 0 amide bonds. The zero-order valence-corrected chi connectivity index (χ0v) is 9.07. The van der Waals surface area contributed by atoms with Crippen LogP contribution in [0.25, 0.3) is 0 Å². The van der Waals surface area contributed by atoms with Crippen LogP contribution in [0.15, 0.2) is 6.20 Å². The molecule has 0 spiro atoms. The highest BCUT2D eigenvalue weighted by Crippen LogP contribution is 2.30. The maximum absolute atomic E-state index is 6.10. The number of hydrogen-bond donors (Lipinski definition) is 1. The summed E-state index contributed by atoms with van der Waals surface area (Å²) in [6.07, 6.45) is 3.16. The van der Waals surface area contributed by atoms with Gasteiger partial charge in [-0.05, 0) is 20.4 Å². The monoisotopic (exact) mass is 194 g/mol. The van der Waals surface area contributed by atoms with Crippen molar-refractivity contribution in [3.05, 3.63) is 17.5 Å². The van der Waals surface area contributed by atoms with Crippen molar-refractivity contribution < 1.29 is 0 Å². The Kier molecular flexibility index (Phi) is 2.33. The van der Waals surface area contributed by atoms with Gasteiger partial charge in [0.1, 0.15) is 0 Å². The van der Waals surface area contributed by atoms with Crippen molar-refractivity contribution in [3.8, 4) is 0 Å². The molecule has 0 saturated carbocycles. The second-order valence-electron chi connectivity index (χ2n) is 4.22. The van der Waals surface area contributed by atoms with Crippen LogP contribution >= 0.6 is 0 Å². The minimum Gasteiger partial charge on any atom is -0.326 e. The molecule has 2 rings (SSSR count). The van der Waals surface area contributed by atoms with E-state index in [-0.39, 0.29) is 6.04 Å². The molecule has 78 valence electrons. The van der Waals surface area contributed by atoms with Crippen molar-refractivity contribution in [3.63, 3.8) is 0 Å². The largest absolute Gasteiger partial charge is 0.326 e. The van der Waals surface area contributed by atoms with Gasteiger partial charge in [-0.3, -0.25) is 9.58 Å². The van der Waals surface area contributed by atoms with Crippen LogP contribution in [0, 0.1) is 6.92 Å². The van der Waals surface area contributed by atoms with Crippen LogP contribution in [0.2, 0.25) is 0 Å². The van der Waals surface area contributed by atoms with Gasteiger partial charge in [0, 0.05) is 31.4 Å². The molecule has 2 heterocycles. The molecular formula is C10H18N4. The molecular weight excluding hydrogens is 176 g/mol. The van der Waals surface area contributed by atoms with Crippen molar-refractivity contribution >= 4 is 0 Å². The first-order valence-electron chi connectivity index (χ1n) is 5.05. The Bertz CT molecular complexity index is 321. The average Bonchev–Trinajstić information content (AvgIpc) is 2.57. The van der Waals surface area contributed by atoms with Crippen molar-refractivity contribution in [1.82, 2.24) is 14.7 Å². The number of rotatable bonds is 1. The molecule has 0 aromatic carbocycles. The van der Waals surface area contributed by atoms with Gasteiger partial charge >= 0.3 is 0 Å². The van der Waals surface area contributed by atoms with Crippen LogP contribution in [0.5, 0.6) is 0 Å². The summed E-state index contributed by atoms with van der Waals surface area (Å²) >= 11 is 0. The first kappa shape index (κ1) is 9.68. The fraction of sp³-hybridized carbons (Fsp3) is 0.700. The van der Waals surface area contributed by atoms with Crippen molar-refractivity contribution in [2.75, 3.05) is 13.6 Å². The normalized spacial score (nSPS) is 28.6. The van der Waals surface area contributed by atoms with Gasteiger partial charge in [0.25, 0.3) is 0 Å². The number of hydrogen-bond acceptors (Lipinski definition) is 3. The van der Waals surface area contributed by atoms with Crippen molar-refractivity contribution in [2.24, 2.45) is 12.8 Å². The molecule has 0 aliphatic carbocycles. The van der Waals surface area contributed by atoms with Crippen LogP contribution in [0.4, 0.5) is 0 Å². The molecule has 14 heavy (non-hydrogen) atoms. The third kappa shape index (κ3) is 1.44. The molecule has 4 nitrogen and oxygen atoms in total.